The van der Waals surface area contributed by atoms with E-state index in [0.717, 1.165) is 0 Å². The van der Waals surface area contributed by atoms with Crippen molar-refractivity contribution in [3.63, 3.8) is 0 Å². The van der Waals surface area contributed by atoms with E-state index in [1.165, 1.54) is 0 Å². The van der Waals surface area contributed by atoms with Gasteiger partial charge in [-0.1, -0.05) is 17.3 Å². The van der Waals surface area contributed by atoms with E-state index >= 15 is 0 Å². The first-order chi connectivity index (χ1) is 7.27. The maximum absolute atomic E-state index is 10.00. The van der Waals surface area contributed by atoms with Gasteiger partial charge in [0.1, 0.15) is 6.04 Å². The van der Waals surface area contributed by atoms with Gasteiger partial charge in [0.15, 0.2) is 6.29 Å². The number of azide groups is 1. The summed E-state index contributed by atoms with van der Waals surface area (Å²) in [5.41, 5.74) is 8.40. The van der Waals surface area contributed by atoms with Gasteiger partial charge < -0.3 is 14.6 Å². The van der Waals surface area contributed by atoms with Gasteiger partial charge in [-0.15, -0.1) is 0 Å². The quantitative estimate of drug-likeness (QED) is 0.319. The highest BCUT2D eigenvalue weighted by molar-refractivity contribution is 5.04. The Labute approximate surface area is 87.1 Å². The SMILES string of the molecule is CC=C[C@H]1[C@H](O)[C@@H](N=[N+]=[N-])[C@@H]2OC[C@H]1O2. The van der Waals surface area contributed by atoms with Crippen LogP contribution in [0.5, 0.6) is 0 Å². The molecule has 5 atom stereocenters. The molecule has 0 unspecified atom stereocenters. The minimum absolute atomic E-state index is 0.133. The molecule has 82 valence electrons. The fraction of sp³-hybridized carbons (Fsp3) is 0.778. The Morgan fingerprint density at radius 3 is 3.07 bits per heavy atom. The van der Waals surface area contributed by atoms with Crippen molar-refractivity contribution in [1.82, 2.24) is 0 Å². The predicted molar refractivity (Wildman–Crippen MR) is 51.9 cm³/mol. The number of ether oxygens (including phenoxy) is 2. The molecule has 2 rings (SSSR count). The van der Waals surface area contributed by atoms with Crippen LogP contribution in [0.4, 0.5) is 0 Å². The van der Waals surface area contributed by atoms with Crippen molar-refractivity contribution in [2.75, 3.05) is 6.61 Å². The summed E-state index contributed by atoms with van der Waals surface area (Å²) in [5, 5.41) is 13.5. The molecule has 1 N–H and O–H groups in total. The third kappa shape index (κ3) is 1.72. The minimum atomic E-state index is -0.733. The van der Waals surface area contributed by atoms with Gasteiger partial charge in [0.2, 0.25) is 0 Å². The van der Waals surface area contributed by atoms with Crippen LogP contribution in [0.2, 0.25) is 0 Å². The molecule has 2 aliphatic heterocycles. The third-order valence-corrected chi connectivity index (χ3v) is 2.79. The number of allylic oxidation sites excluding steroid dienone is 1. The summed E-state index contributed by atoms with van der Waals surface area (Å²) in [6, 6.07) is -0.657. The number of aliphatic hydroxyl groups is 1. The van der Waals surface area contributed by atoms with Gasteiger partial charge in [-0.05, 0) is 12.5 Å². The third-order valence-electron chi connectivity index (χ3n) is 2.79. The van der Waals surface area contributed by atoms with Crippen molar-refractivity contribution < 1.29 is 14.6 Å². The van der Waals surface area contributed by atoms with Gasteiger partial charge in [0.05, 0.1) is 18.8 Å². The topological polar surface area (TPSA) is 87.5 Å². The van der Waals surface area contributed by atoms with Crippen molar-refractivity contribution in [2.45, 2.75) is 31.5 Å². The summed E-state index contributed by atoms with van der Waals surface area (Å²) in [6.45, 7) is 2.31. The maximum atomic E-state index is 10.00. The highest BCUT2D eigenvalue weighted by Gasteiger charge is 2.48. The van der Waals surface area contributed by atoms with Gasteiger partial charge in [0.25, 0.3) is 0 Å². The first-order valence-corrected chi connectivity index (χ1v) is 4.90. The minimum Gasteiger partial charge on any atom is -0.392 e. The summed E-state index contributed by atoms with van der Waals surface area (Å²) in [7, 11) is 0. The Hall–Kier alpha value is -1.07. The standard InChI is InChI=1S/C9H13N3O3/c1-2-3-5-6-4-14-9(15-6)7(8(5)13)11-12-10/h2-3,5-9,13H,4H2,1H3/t5-,6-,7-,8+,9-/m1/s1. The molecule has 0 aromatic heterocycles. The average Bonchev–Trinajstić information content (AvgIpc) is 2.65. The molecule has 0 aromatic rings. The fourth-order valence-corrected chi connectivity index (χ4v) is 2.07. The molecular weight excluding hydrogens is 198 g/mol. The summed E-state index contributed by atoms with van der Waals surface area (Å²) < 4.78 is 10.8. The van der Waals surface area contributed by atoms with Crippen LogP contribution in [0.15, 0.2) is 17.3 Å². The van der Waals surface area contributed by atoms with Crippen LogP contribution < -0.4 is 0 Å². The smallest absolute Gasteiger partial charge is 0.169 e. The molecule has 2 aliphatic rings. The molecule has 2 saturated heterocycles. The van der Waals surface area contributed by atoms with Gasteiger partial charge >= 0.3 is 0 Å². The zero-order valence-electron chi connectivity index (χ0n) is 8.35. The Bertz CT molecular complexity index is 314. The molecule has 0 saturated carbocycles. The second-order valence-corrected chi connectivity index (χ2v) is 3.67. The Balaban J connectivity index is 2.23. The van der Waals surface area contributed by atoms with Crippen molar-refractivity contribution in [3.8, 4) is 0 Å². The van der Waals surface area contributed by atoms with Crippen molar-refractivity contribution in [3.05, 3.63) is 22.6 Å². The predicted octanol–water partition coefficient (Wildman–Crippen LogP) is 0.974. The summed E-state index contributed by atoms with van der Waals surface area (Å²) >= 11 is 0. The zero-order chi connectivity index (χ0) is 10.8. The van der Waals surface area contributed by atoms with Gasteiger partial charge in [-0.25, -0.2) is 0 Å². The lowest BCUT2D eigenvalue weighted by molar-refractivity contribution is -0.146. The van der Waals surface area contributed by atoms with Gasteiger partial charge in [-0.3, -0.25) is 0 Å². The second-order valence-electron chi connectivity index (χ2n) is 3.67. The lowest BCUT2D eigenvalue weighted by Gasteiger charge is -2.34. The number of hydrogen-bond acceptors (Lipinski definition) is 4. The summed E-state index contributed by atoms with van der Waals surface area (Å²) in [6.07, 6.45) is 2.25. The number of fused-ring (bicyclic) bond motifs is 2. The largest absolute Gasteiger partial charge is 0.392 e. The van der Waals surface area contributed by atoms with E-state index < -0.39 is 18.4 Å². The van der Waals surface area contributed by atoms with Gasteiger partial charge in [0, 0.05) is 10.8 Å². The molecule has 0 radical (unpaired) electrons. The number of aliphatic hydroxyl groups excluding tert-OH is 1. The second kappa shape index (κ2) is 4.20. The summed E-state index contributed by atoms with van der Waals surface area (Å²) in [5.74, 6) is -0.163. The van der Waals surface area contributed by atoms with Crippen LogP contribution in [-0.4, -0.2) is 36.3 Å². The van der Waals surface area contributed by atoms with Crippen molar-refractivity contribution in [1.29, 1.82) is 0 Å². The maximum Gasteiger partial charge on any atom is 0.169 e. The molecule has 15 heavy (non-hydrogen) atoms. The highest BCUT2D eigenvalue weighted by atomic mass is 16.7. The van der Waals surface area contributed by atoms with Crippen LogP contribution >= 0.6 is 0 Å². The van der Waals surface area contributed by atoms with Crippen LogP contribution in [0.25, 0.3) is 10.4 Å². The zero-order valence-corrected chi connectivity index (χ0v) is 8.35. The van der Waals surface area contributed by atoms with Crippen LogP contribution in [0.3, 0.4) is 0 Å². The molecule has 0 amide bonds. The molecule has 0 spiro atoms. The Morgan fingerprint density at radius 2 is 2.40 bits per heavy atom. The molecule has 2 heterocycles. The Kier molecular flexibility index (Phi) is 2.93. The molecule has 0 aliphatic carbocycles. The van der Waals surface area contributed by atoms with Gasteiger partial charge in [-0.2, -0.15) is 0 Å². The lowest BCUT2D eigenvalue weighted by atomic mass is 9.89. The van der Waals surface area contributed by atoms with E-state index in [9.17, 15) is 5.11 Å². The molecule has 6 heteroatoms. The van der Waals surface area contributed by atoms with Crippen LogP contribution in [0, 0.1) is 5.92 Å². The average molecular weight is 211 g/mol. The van der Waals surface area contributed by atoms with E-state index in [1.54, 1.807) is 0 Å². The van der Waals surface area contributed by atoms with Crippen molar-refractivity contribution >= 4 is 0 Å². The normalized spacial score (nSPS) is 44.3. The number of rotatable bonds is 2. The molecule has 0 aromatic carbocycles. The monoisotopic (exact) mass is 211 g/mol. The molecular formula is C9H13N3O3. The van der Waals surface area contributed by atoms with E-state index in [-0.39, 0.29) is 12.0 Å². The molecule has 6 nitrogen and oxygen atoms in total. The summed E-state index contributed by atoms with van der Waals surface area (Å²) in [4.78, 5) is 2.70. The molecule has 2 bridgehead atoms. The van der Waals surface area contributed by atoms with E-state index in [0.29, 0.717) is 6.61 Å². The van der Waals surface area contributed by atoms with Crippen molar-refractivity contribution in [2.24, 2.45) is 11.0 Å². The molecule has 2 fully saturated rings. The number of hydrogen-bond donors (Lipinski definition) is 1. The lowest BCUT2D eigenvalue weighted by Crippen LogP contribution is -2.48. The van der Waals surface area contributed by atoms with E-state index in [2.05, 4.69) is 10.0 Å². The van der Waals surface area contributed by atoms with Crippen LogP contribution in [-0.2, 0) is 9.47 Å². The highest BCUT2D eigenvalue weighted by Crippen LogP contribution is 2.34. The number of nitrogens with zero attached hydrogens (tertiary/aromatic N) is 3. The van der Waals surface area contributed by atoms with Crippen LogP contribution in [0.1, 0.15) is 6.92 Å². The van der Waals surface area contributed by atoms with E-state index in [4.69, 9.17) is 15.0 Å². The first-order valence-electron chi connectivity index (χ1n) is 4.90. The Morgan fingerprint density at radius 1 is 1.60 bits per heavy atom. The fourth-order valence-electron chi connectivity index (χ4n) is 2.07. The first kappa shape index (κ1) is 10.4. The van der Waals surface area contributed by atoms with E-state index in [1.807, 2.05) is 19.1 Å².